The number of hydrogen-bond acceptors (Lipinski definition) is 0. The Labute approximate surface area is 197 Å². The van der Waals surface area contributed by atoms with Crippen molar-refractivity contribution in [3.63, 3.8) is 0 Å². The lowest BCUT2D eigenvalue weighted by molar-refractivity contribution is 0.661. The molecule has 1 aromatic heterocycles. The molecule has 0 bridgehead atoms. The first kappa shape index (κ1) is 19.0. The zero-order valence-corrected chi connectivity index (χ0v) is 19.3. The van der Waals surface area contributed by atoms with Crippen LogP contribution in [-0.2, 0) is 5.41 Å². The summed E-state index contributed by atoms with van der Waals surface area (Å²) in [6.45, 7) is 4.68. The van der Waals surface area contributed by atoms with E-state index in [0.29, 0.717) is 0 Å². The predicted octanol–water partition coefficient (Wildman–Crippen LogP) is 8.90. The minimum atomic E-state index is -0.0438. The van der Waals surface area contributed by atoms with Crippen LogP contribution in [0.5, 0.6) is 0 Å². The molecule has 0 aliphatic heterocycles. The molecule has 0 radical (unpaired) electrons. The van der Waals surface area contributed by atoms with Crippen LogP contribution >= 0.6 is 11.6 Å². The van der Waals surface area contributed by atoms with Gasteiger partial charge < -0.3 is 4.57 Å². The molecule has 0 saturated carbocycles. The molecule has 7 rings (SSSR count). The van der Waals surface area contributed by atoms with Crippen molar-refractivity contribution in [3.8, 4) is 16.8 Å². The number of benzene rings is 5. The smallest absolute Gasteiger partial charge is 0.0562 e. The zero-order valence-electron chi connectivity index (χ0n) is 18.6. The Morgan fingerprint density at radius 2 is 1.30 bits per heavy atom. The van der Waals surface area contributed by atoms with Crippen LogP contribution in [0.25, 0.3) is 49.4 Å². The Bertz CT molecular complexity index is 1740. The second-order valence-electron chi connectivity index (χ2n) is 9.55. The molecule has 0 saturated heterocycles. The molecule has 1 aliphatic rings. The second-order valence-corrected chi connectivity index (χ2v) is 9.96. The topological polar surface area (TPSA) is 4.93 Å². The van der Waals surface area contributed by atoms with Gasteiger partial charge in [-0.05, 0) is 58.0 Å². The molecule has 0 atom stereocenters. The number of halogens is 1. The molecule has 1 aliphatic carbocycles. The van der Waals surface area contributed by atoms with Crippen molar-refractivity contribution in [3.05, 3.63) is 113 Å². The third kappa shape index (κ3) is 2.43. The average Bonchev–Trinajstić information content (AvgIpc) is 3.28. The van der Waals surface area contributed by atoms with E-state index in [9.17, 15) is 0 Å². The molecule has 5 aromatic carbocycles. The van der Waals surface area contributed by atoms with E-state index in [1.807, 2.05) is 0 Å². The maximum absolute atomic E-state index is 6.82. The molecule has 0 N–H and O–H groups in total. The van der Waals surface area contributed by atoms with Crippen molar-refractivity contribution >= 4 is 44.2 Å². The van der Waals surface area contributed by atoms with Crippen LogP contribution in [0.2, 0.25) is 5.02 Å². The lowest BCUT2D eigenvalue weighted by Crippen LogP contribution is -2.14. The molecular formula is C31H22ClN. The number of nitrogens with zero attached hydrogens (tertiary/aromatic N) is 1. The number of fused-ring (bicyclic) bond motifs is 8. The summed E-state index contributed by atoms with van der Waals surface area (Å²) < 4.78 is 2.38. The van der Waals surface area contributed by atoms with Crippen LogP contribution < -0.4 is 0 Å². The first-order valence-corrected chi connectivity index (χ1v) is 11.8. The molecule has 33 heavy (non-hydrogen) atoms. The maximum Gasteiger partial charge on any atom is 0.0562 e. The SMILES string of the molecule is CC1(C)c2ccccc2-c2cc3c4c5ccccc5c(Cl)cc4n(-c4ccccc4)c3cc21. The van der Waals surface area contributed by atoms with Gasteiger partial charge in [0.25, 0.3) is 0 Å². The fourth-order valence-electron chi connectivity index (χ4n) is 5.88. The largest absolute Gasteiger partial charge is 0.309 e. The zero-order chi connectivity index (χ0) is 22.3. The molecule has 158 valence electrons. The van der Waals surface area contributed by atoms with Gasteiger partial charge in [-0.3, -0.25) is 0 Å². The summed E-state index contributed by atoms with van der Waals surface area (Å²) in [5.41, 5.74) is 8.95. The molecule has 1 heterocycles. The predicted molar refractivity (Wildman–Crippen MR) is 141 cm³/mol. The molecule has 0 unspecified atom stereocenters. The minimum Gasteiger partial charge on any atom is -0.309 e. The summed E-state index contributed by atoms with van der Waals surface area (Å²) in [4.78, 5) is 0. The van der Waals surface area contributed by atoms with E-state index >= 15 is 0 Å². The lowest BCUT2D eigenvalue weighted by atomic mass is 9.82. The van der Waals surface area contributed by atoms with Gasteiger partial charge in [-0.25, -0.2) is 0 Å². The quantitative estimate of drug-likeness (QED) is 0.239. The Hall–Kier alpha value is -3.55. The van der Waals surface area contributed by atoms with E-state index in [1.165, 1.54) is 43.9 Å². The van der Waals surface area contributed by atoms with E-state index in [-0.39, 0.29) is 5.41 Å². The molecule has 2 heteroatoms. The van der Waals surface area contributed by atoms with Crippen molar-refractivity contribution in [2.45, 2.75) is 19.3 Å². The first-order chi connectivity index (χ1) is 16.1. The maximum atomic E-state index is 6.82. The summed E-state index contributed by atoms with van der Waals surface area (Å²) in [5.74, 6) is 0. The molecular weight excluding hydrogens is 422 g/mol. The monoisotopic (exact) mass is 443 g/mol. The van der Waals surface area contributed by atoms with Gasteiger partial charge in [-0.2, -0.15) is 0 Å². The molecule has 1 nitrogen and oxygen atoms in total. The average molecular weight is 444 g/mol. The van der Waals surface area contributed by atoms with Crippen LogP contribution in [-0.4, -0.2) is 4.57 Å². The summed E-state index contributed by atoms with van der Waals surface area (Å²) >= 11 is 6.82. The Kier molecular flexibility index (Phi) is 3.73. The van der Waals surface area contributed by atoms with Gasteiger partial charge in [0.15, 0.2) is 0 Å². The van der Waals surface area contributed by atoms with Gasteiger partial charge in [0.05, 0.1) is 16.1 Å². The number of rotatable bonds is 1. The van der Waals surface area contributed by atoms with E-state index < -0.39 is 0 Å². The highest BCUT2D eigenvalue weighted by atomic mass is 35.5. The normalized spacial score (nSPS) is 14.2. The Balaban J connectivity index is 1.73. The van der Waals surface area contributed by atoms with Crippen LogP contribution in [0.15, 0.2) is 97.1 Å². The Morgan fingerprint density at radius 1 is 0.606 bits per heavy atom. The third-order valence-corrected chi connectivity index (χ3v) is 7.75. The van der Waals surface area contributed by atoms with E-state index in [4.69, 9.17) is 11.6 Å². The van der Waals surface area contributed by atoms with E-state index in [0.717, 1.165) is 21.6 Å². The second kappa shape index (κ2) is 6.50. The number of hydrogen-bond donors (Lipinski definition) is 0. The van der Waals surface area contributed by atoms with E-state index in [1.54, 1.807) is 0 Å². The first-order valence-electron chi connectivity index (χ1n) is 11.4. The van der Waals surface area contributed by atoms with Crippen LogP contribution in [0.4, 0.5) is 0 Å². The fourth-order valence-corrected chi connectivity index (χ4v) is 6.15. The van der Waals surface area contributed by atoms with Crippen molar-refractivity contribution in [1.29, 1.82) is 0 Å². The van der Waals surface area contributed by atoms with Gasteiger partial charge in [-0.1, -0.05) is 92.2 Å². The molecule has 0 fully saturated rings. The molecule has 6 aromatic rings. The van der Waals surface area contributed by atoms with Crippen molar-refractivity contribution in [1.82, 2.24) is 4.57 Å². The third-order valence-electron chi connectivity index (χ3n) is 7.44. The van der Waals surface area contributed by atoms with E-state index in [2.05, 4.69) is 115 Å². The highest BCUT2D eigenvalue weighted by Crippen LogP contribution is 2.51. The summed E-state index contributed by atoms with van der Waals surface area (Å²) in [5, 5.41) is 5.62. The number of aromatic nitrogens is 1. The molecule has 0 amide bonds. The number of para-hydroxylation sites is 1. The van der Waals surface area contributed by atoms with Gasteiger partial charge in [0, 0.05) is 27.3 Å². The van der Waals surface area contributed by atoms with Gasteiger partial charge in [-0.15, -0.1) is 0 Å². The van der Waals surface area contributed by atoms with Crippen molar-refractivity contribution in [2.24, 2.45) is 0 Å². The fraction of sp³-hybridized carbons (Fsp3) is 0.0968. The lowest BCUT2D eigenvalue weighted by Gasteiger charge is -2.21. The highest BCUT2D eigenvalue weighted by Gasteiger charge is 2.36. The van der Waals surface area contributed by atoms with Crippen molar-refractivity contribution in [2.75, 3.05) is 0 Å². The van der Waals surface area contributed by atoms with Gasteiger partial charge >= 0.3 is 0 Å². The minimum absolute atomic E-state index is 0.0438. The van der Waals surface area contributed by atoms with Crippen LogP contribution in [0.1, 0.15) is 25.0 Å². The summed E-state index contributed by atoms with van der Waals surface area (Å²) in [6, 6.07) is 34.9. The van der Waals surface area contributed by atoms with Crippen molar-refractivity contribution < 1.29 is 0 Å². The van der Waals surface area contributed by atoms with Gasteiger partial charge in [0.2, 0.25) is 0 Å². The summed E-state index contributed by atoms with van der Waals surface area (Å²) in [6.07, 6.45) is 0. The summed E-state index contributed by atoms with van der Waals surface area (Å²) in [7, 11) is 0. The molecule has 0 spiro atoms. The van der Waals surface area contributed by atoms with Crippen LogP contribution in [0, 0.1) is 0 Å². The Morgan fingerprint density at radius 3 is 2.12 bits per heavy atom. The van der Waals surface area contributed by atoms with Crippen LogP contribution in [0.3, 0.4) is 0 Å². The standard InChI is InChI=1S/C31H22ClN/c1-31(2)25-15-9-8-12-20(25)23-16-24-28(17-26(23)31)33(19-10-4-3-5-11-19)29-18-27(32)21-13-6-7-14-22(21)30(24)29/h3-18H,1-2H3. The highest BCUT2D eigenvalue weighted by molar-refractivity contribution is 6.38. The van der Waals surface area contributed by atoms with Gasteiger partial charge in [0.1, 0.15) is 0 Å².